The van der Waals surface area contributed by atoms with E-state index in [0.717, 1.165) is 11.3 Å². The summed E-state index contributed by atoms with van der Waals surface area (Å²) in [7, 11) is 0. The van der Waals surface area contributed by atoms with Gasteiger partial charge in [0.1, 0.15) is 0 Å². The molecular formula is C10H15NO. The van der Waals surface area contributed by atoms with E-state index in [4.69, 9.17) is 0 Å². The van der Waals surface area contributed by atoms with Gasteiger partial charge in [-0.1, -0.05) is 20.8 Å². The molecule has 0 radical (unpaired) electrons. The van der Waals surface area contributed by atoms with Crippen LogP contribution in [0.25, 0.3) is 0 Å². The molecule has 0 amide bonds. The first-order valence-corrected chi connectivity index (χ1v) is 4.11. The van der Waals surface area contributed by atoms with E-state index in [1.54, 1.807) is 6.07 Å². The zero-order valence-corrected chi connectivity index (χ0v) is 8.06. The molecule has 1 N–H and O–H groups in total. The summed E-state index contributed by atoms with van der Waals surface area (Å²) < 4.78 is 0. The Labute approximate surface area is 72.6 Å². The minimum absolute atomic E-state index is 0.0140. The van der Waals surface area contributed by atoms with E-state index in [2.05, 4.69) is 25.8 Å². The van der Waals surface area contributed by atoms with Crippen molar-refractivity contribution in [3.8, 4) is 0 Å². The molecule has 0 saturated carbocycles. The van der Waals surface area contributed by atoms with Crippen LogP contribution in [0, 0.1) is 6.92 Å². The smallest absolute Gasteiger partial charge is 0.248 e. The first-order chi connectivity index (χ1) is 5.39. The molecule has 1 heterocycles. The molecule has 0 fully saturated rings. The summed E-state index contributed by atoms with van der Waals surface area (Å²) in [6.45, 7) is 8.19. The number of aryl methyl sites for hydroxylation is 1. The second kappa shape index (κ2) is 2.77. The van der Waals surface area contributed by atoms with Gasteiger partial charge in [-0.3, -0.25) is 4.79 Å². The van der Waals surface area contributed by atoms with Crippen LogP contribution in [0.2, 0.25) is 0 Å². The molecule has 0 bridgehead atoms. The fourth-order valence-corrected chi connectivity index (χ4v) is 1.12. The van der Waals surface area contributed by atoms with Crippen molar-refractivity contribution < 1.29 is 0 Å². The number of hydrogen-bond donors (Lipinski definition) is 1. The highest BCUT2D eigenvalue weighted by molar-refractivity contribution is 5.22. The van der Waals surface area contributed by atoms with Crippen molar-refractivity contribution >= 4 is 0 Å². The normalized spacial score (nSPS) is 11.7. The predicted molar refractivity (Wildman–Crippen MR) is 50.5 cm³/mol. The molecule has 0 spiro atoms. The Hall–Kier alpha value is -1.05. The van der Waals surface area contributed by atoms with Gasteiger partial charge in [0.05, 0.1) is 0 Å². The molecule has 0 aliphatic carbocycles. The van der Waals surface area contributed by atoms with E-state index in [9.17, 15) is 4.79 Å². The minimum Gasteiger partial charge on any atom is -0.326 e. The third kappa shape index (κ3) is 1.97. The van der Waals surface area contributed by atoms with Crippen LogP contribution in [0.4, 0.5) is 0 Å². The van der Waals surface area contributed by atoms with Gasteiger partial charge >= 0.3 is 0 Å². The first-order valence-electron chi connectivity index (χ1n) is 4.11. The van der Waals surface area contributed by atoms with Crippen LogP contribution in [-0.4, -0.2) is 4.98 Å². The molecule has 12 heavy (non-hydrogen) atoms. The molecule has 0 unspecified atom stereocenters. The van der Waals surface area contributed by atoms with Crippen molar-refractivity contribution in [3.63, 3.8) is 0 Å². The van der Waals surface area contributed by atoms with E-state index in [1.807, 2.05) is 13.0 Å². The van der Waals surface area contributed by atoms with Crippen LogP contribution >= 0.6 is 0 Å². The highest BCUT2D eigenvalue weighted by Gasteiger charge is 2.13. The van der Waals surface area contributed by atoms with Crippen LogP contribution in [0.5, 0.6) is 0 Å². The molecule has 1 aromatic heterocycles. The summed E-state index contributed by atoms with van der Waals surface area (Å²) in [6.07, 6.45) is 0. The molecule has 0 aliphatic heterocycles. The maximum Gasteiger partial charge on any atom is 0.248 e. The van der Waals surface area contributed by atoms with Gasteiger partial charge < -0.3 is 4.98 Å². The third-order valence-corrected chi connectivity index (χ3v) is 1.84. The van der Waals surface area contributed by atoms with Gasteiger partial charge in [0, 0.05) is 11.8 Å². The highest BCUT2D eigenvalue weighted by atomic mass is 16.1. The summed E-state index contributed by atoms with van der Waals surface area (Å²) in [5.41, 5.74) is 2.05. The maximum atomic E-state index is 11.1. The number of rotatable bonds is 0. The predicted octanol–water partition coefficient (Wildman–Crippen LogP) is 1.98. The lowest BCUT2D eigenvalue weighted by Crippen LogP contribution is -2.17. The minimum atomic E-state index is -0.0140. The van der Waals surface area contributed by atoms with Crippen molar-refractivity contribution in [2.75, 3.05) is 0 Å². The Morgan fingerprint density at radius 1 is 1.25 bits per heavy atom. The third-order valence-electron chi connectivity index (χ3n) is 1.84. The number of aromatic nitrogens is 1. The number of H-pyrrole nitrogens is 1. The van der Waals surface area contributed by atoms with Crippen molar-refractivity contribution in [3.05, 3.63) is 33.7 Å². The van der Waals surface area contributed by atoms with E-state index >= 15 is 0 Å². The monoisotopic (exact) mass is 165 g/mol. The second-order valence-corrected chi connectivity index (χ2v) is 4.17. The Balaban J connectivity index is 3.27. The average Bonchev–Trinajstić information content (AvgIpc) is 1.82. The SMILES string of the molecule is Cc1cc(C(C)(C)C)cc(=O)[nH]1. The first kappa shape index (κ1) is 9.04. The Bertz CT molecular complexity index is 330. The van der Waals surface area contributed by atoms with E-state index in [1.165, 1.54) is 0 Å². The number of aromatic amines is 1. The van der Waals surface area contributed by atoms with E-state index in [-0.39, 0.29) is 11.0 Å². The molecule has 0 saturated heterocycles. The molecular weight excluding hydrogens is 150 g/mol. The summed E-state index contributed by atoms with van der Waals surface area (Å²) >= 11 is 0. The Morgan fingerprint density at radius 2 is 1.83 bits per heavy atom. The standard InChI is InChI=1S/C10H15NO/c1-7-5-8(10(2,3)4)6-9(12)11-7/h5-6H,1-4H3,(H,11,12). The molecule has 0 aliphatic rings. The van der Waals surface area contributed by atoms with Gasteiger partial charge in [-0.2, -0.15) is 0 Å². The number of hydrogen-bond acceptors (Lipinski definition) is 1. The lowest BCUT2D eigenvalue weighted by Gasteiger charge is -2.18. The summed E-state index contributed by atoms with van der Waals surface area (Å²) in [5.74, 6) is 0. The van der Waals surface area contributed by atoms with Crippen LogP contribution in [0.15, 0.2) is 16.9 Å². The molecule has 1 rings (SSSR count). The van der Waals surface area contributed by atoms with Crippen molar-refractivity contribution in [1.82, 2.24) is 4.98 Å². The Morgan fingerprint density at radius 3 is 2.25 bits per heavy atom. The van der Waals surface area contributed by atoms with Crippen molar-refractivity contribution in [1.29, 1.82) is 0 Å². The van der Waals surface area contributed by atoms with Crippen molar-refractivity contribution in [2.45, 2.75) is 33.1 Å². The lowest BCUT2D eigenvalue weighted by molar-refractivity contribution is 0.587. The fraction of sp³-hybridized carbons (Fsp3) is 0.500. The second-order valence-electron chi connectivity index (χ2n) is 4.17. The van der Waals surface area contributed by atoms with E-state index < -0.39 is 0 Å². The average molecular weight is 165 g/mol. The van der Waals surface area contributed by atoms with Crippen LogP contribution in [0.1, 0.15) is 32.0 Å². The fourth-order valence-electron chi connectivity index (χ4n) is 1.12. The molecule has 66 valence electrons. The molecule has 0 aromatic carbocycles. The quantitative estimate of drug-likeness (QED) is 0.626. The van der Waals surface area contributed by atoms with Gasteiger partial charge in [-0.25, -0.2) is 0 Å². The van der Waals surface area contributed by atoms with Gasteiger partial charge in [-0.05, 0) is 24.0 Å². The molecule has 2 heteroatoms. The van der Waals surface area contributed by atoms with Crippen molar-refractivity contribution in [2.24, 2.45) is 0 Å². The maximum absolute atomic E-state index is 11.1. The largest absolute Gasteiger partial charge is 0.326 e. The summed E-state index contributed by atoms with van der Waals surface area (Å²) in [6, 6.07) is 3.68. The van der Waals surface area contributed by atoms with Gasteiger partial charge in [0.15, 0.2) is 0 Å². The number of nitrogens with one attached hydrogen (secondary N) is 1. The van der Waals surface area contributed by atoms with Gasteiger partial charge in [0.25, 0.3) is 0 Å². The highest BCUT2D eigenvalue weighted by Crippen LogP contribution is 2.20. The zero-order chi connectivity index (χ0) is 9.35. The molecule has 2 nitrogen and oxygen atoms in total. The van der Waals surface area contributed by atoms with E-state index in [0.29, 0.717) is 0 Å². The van der Waals surface area contributed by atoms with Crippen LogP contribution in [0.3, 0.4) is 0 Å². The number of pyridine rings is 1. The van der Waals surface area contributed by atoms with Crippen LogP contribution < -0.4 is 5.56 Å². The summed E-state index contributed by atoms with van der Waals surface area (Å²) in [5, 5.41) is 0. The Kier molecular flexibility index (Phi) is 2.09. The summed E-state index contributed by atoms with van der Waals surface area (Å²) in [4.78, 5) is 13.8. The topological polar surface area (TPSA) is 32.9 Å². The zero-order valence-electron chi connectivity index (χ0n) is 8.06. The molecule has 1 aromatic rings. The lowest BCUT2D eigenvalue weighted by atomic mass is 9.87. The van der Waals surface area contributed by atoms with Crippen LogP contribution in [-0.2, 0) is 5.41 Å². The molecule has 0 atom stereocenters. The van der Waals surface area contributed by atoms with Gasteiger partial charge in [-0.15, -0.1) is 0 Å². The van der Waals surface area contributed by atoms with Gasteiger partial charge in [0.2, 0.25) is 5.56 Å².